The van der Waals surface area contributed by atoms with Gasteiger partial charge in [0.2, 0.25) is 5.89 Å². The van der Waals surface area contributed by atoms with Gasteiger partial charge in [0, 0.05) is 24.2 Å². The molecule has 1 aliphatic rings. The molecule has 1 unspecified atom stereocenters. The number of hydrogen-bond acceptors (Lipinski definition) is 4. The number of β-amino-alcohol motifs (C(OH)–C–C–N with tert-alkyl or cyclic N) is 1. The summed E-state index contributed by atoms with van der Waals surface area (Å²) in [6, 6.07) is 5.24. The van der Waals surface area contributed by atoms with Crippen molar-refractivity contribution in [2.45, 2.75) is 45.1 Å². The fraction of sp³-hybridized carbons (Fsp3) is 0.529. The van der Waals surface area contributed by atoms with Crippen LogP contribution in [0.25, 0.3) is 11.1 Å². The Morgan fingerprint density at radius 2 is 2.22 bits per heavy atom. The monoisotopic (exact) mass is 317 g/mol. The number of urea groups is 1. The number of anilines is 1. The van der Waals surface area contributed by atoms with Gasteiger partial charge >= 0.3 is 6.03 Å². The Morgan fingerprint density at radius 1 is 1.43 bits per heavy atom. The number of likely N-dealkylation sites (tertiary alicyclic amines) is 1. The summed E-state index contributed by atoms with van der Waals surface area (Å²) in [4.78, 5) is 18.4. The van der Waals surface area contributed by atoms with Crippen LogP contribution in [0.2, 0.25) is 0 Å². The van der Waals surface area contributed by atoms with E-state index in [2.05, 4.69) is 10.3 Å². The van der Waals surface area contributed by atoms with Gasteiger partial charge in [0.05, 0.1) is 6.10 Å². The average Bonchev–Trinajstić information content (AvgIpc) is 2.90. The molecule has 2 amide bonds. The molecule has 3 rings (SSSR count). The van der Waals surface area contributed by atoms with E-state index in [1.807, 2.05) is 32.9 Å². The number of fused-ring (bicyclic) bond motifs is 1. The first-order valence-electron chi connectivity index (χ1n) is 7.98. The molecule has 1 aromatic heterocycles. The molecule has 0 bridgehead atoms. The summed E-state index contributed by atoms with van der Waals surface area (Å²) < 4.78 is 5.76. The van der Waals surface area contributed by atoms with Gasteiger partial charge in [-0.2, -0.15) is 0 Å². The highest BCUT2D eigenvalue weighted by molar-refractivity contribution is 5.91. The van der Waals surface area contributed by atoms with Crippen LogP contribution < -0.4 is 5.32 Å². The number of amides is 2. The Labute approximate surface area is 135 Å². The van der Waals surface area contributed by atoms with Crippen molar-refractivity contribution < 1.29 is 14.3 Å². The number of aliphatic hydroxyl groups excluding tert-OH is 1. The molecule has 2 N–H and O–H groups in total. The third-order valence-electron chi connectivity index (χ3n) is 3.96. The van der Waals surface area contributed by atoms with E-state index >= 15 is 0 Å². The number of aliphatic hydroxyl groups is 1. The quantitative estimate of drug-likeness (QED) is 0.847. The molecular formula is C17H23N3O3. The lowest BCUT2D eigenvalue weighted by atomic mass is 9.97. The van der Waals surface area contributed by atoms with Crippen LogP contribution in [0.5, 0.6) is 0 Å². The van der Waals surface area contributed by atoms with E-state index in [9.17, 15) is 9.90 Å². The molecule has 2 aromatic rings. The summed E-state index contributed by atoms with van der Waals surface area (Å²) in [5.74, 6) is 0.676. The predicted octanol–water partition coefficient (Wildman–Crippen LogP) is 3.11. The van der Waals surface area contributed by atoms with E-state index in [1.165, 1.54) is 0 Å². The first kappa shape index (κ1) is 15.8. The van der Waals surface area contributed by atoms with E-state index in [0.717, 1.165) is 18.4 Å². The Bertz CT molecular complexity index is 717. The number of hydrogen-bond donors (Lipinski definition) is 2. The number of piperidine rings is 1. The third-order valence-corrected chi connectivity index (χ3v) is 3.96. The maximum absolute atomic E-state index is 12.3. The van der Waals surface area contributed by atoms with E-state index in [0.29, 0.717) is 30.3 Å². The number of carbonyl (C=O) groups excluding carboxylic acids is 1. The smallest absolute Gasteiger partial charge is 0.321 e. The number of aromatic nitrogens is 1. The van der Waals surface area contributed by atoms with Crippen LogP contribution in [0.3, 0.4) is 0 Å². The van der Waals surface area contributed by atoms with Gasteiger partial charge in [0.15, 0.2) is 5.58 Å². The average molecular weight is 317 g/mol. The number of nitrogens with one attached hydrogen (secondary N) is 1. The number of nitrogens with zero attached hydrogens (tertiary/aromatic N) is 2. The Kier molecular flexibility index (Phi) is 4.02. The second kappa shape index (κ2) is 5.85. The Balaban J connectivity index is 1.76. The summed E-state index contributed by atoms with van der Waals surface area (Å²) >= 11 is 0. The fourth-order valence-corrected chi connectivity index (χ4v) is 2.67. The number of carbonyl (C=O) groups is 1. The lowest BCUT2D eigenvalue weighted by molar-refractivity contribution is 0.0883. The van der Waals surface area contributed by atoms with E-state index < -0.39 is 6.10 Å². The summed E-state index contributed by atoms with van der Waals surface area (Å²) in [5.41, 5.74) is 1.95. The van der Waals surface area contributed by atoms with Crippen LogP contribution in [-0.2, 0) is 5.41 Å². The second-order valence-corrected chi connectivity index (χ2v) is 7.12. The highest BCUT2D eigenvalue weighted by atomic mass is 16.3. The van der Waals surface area contributed by atoms with E-state index in [4.69, 9.17) is 4.42 Å². The molecule has 1 aromatic carbocycles. The number of oxazole rings is 1. The van der Waals surface area contributed by atoms with Crippen molar-refractivity contribution >= 4 is 22.8 Å². The first-order valence-corrected chi connectivity index (χ1v) is 7.98. The van der Waals surface area contributed by atoms with Gasteiger partial charge in [0.25, 0.3) is 0 Å². The molecule has 6 nitrogen and oxygen atoms in total. The Hall–Kier alpha value is -2.08. The molecule has 1 fully saturated rings. The minimum Gasteiger partial charge on any atom is -0.440 e. The summed E-state index contributed by atoms with van der Waals surface area (Å²) in [6.07, 6.45) is 1.15. The Morgan fingerprint density at radius 3 is 2.91 bits per heavy atom. The topological polar surface area (TPSA) is 78.6 Å². The zero-order chi connectivity index (χ0) is 16.6. The molecule has 1 saturated heterocycles. The van der Waals surface area contributed by atoms with Gasteiger partial charge in [-0.3, -0.25) is 0 Å². The fourth-order valence-electron chi connectivity index (χ4n) is 2.67. The van der Waals surface area contributed by atoms with Gasteiger partial charge in [-0.05, 0) is 31.0 Å². The van der Waals surface area contributed by atoms with Crippen molar-refractivity contribution in [1.29, 1.82) is 0 Å². The van der Waals surface area contributed by atoms with Crippen molar-refractivity contribution in [3.63, 3.8) is 0 Å². The summed E-state index contributed by atoms with van der Waals surface area (Å²) in [5, 5.41) is 12.5. The molecule has 23 heavy (non-hydrogen) atoms. The van der Waals surface area contributed by atoms with Crippen LogP contribution in [0, 0.1) is 0 Å². The molecule has 1 aliphatic heterocycles. The van der Waals surface area contributed by atoms with Crippen molar-refractivity contribution in [2.75, 3.05) is 18.4 Å². The highest BCUT2D eigenvalue weighted by Gasteiger charge is 2.23. The largest absolute Gasteiger partial charge is 0.440 e. The van der Waals surface area contributed by atoms with Gasteiger partial charge < -0.3 is 19.7 Å². The summed E-state index contributed by atoms with van der Waals surface area (Å²) in [7, 11) is 0. The maximum atomic E-state index is 12.3. The van der Waals surface area contributed by atoms with Gasteiger partial charge in [-0.1, -0.05) is 20.8 Å². The van der Waals surface area contributed by atoms with Crippen LogP contribution in [-0.4, -0.2) is 40.2 Å². The molecule has 0 saturated carbocycles. The summed E-state index contributed by atoms with van der Waals surface area (Å²) in [6.45, 7) is 7.18. The zero-order valence-corrected chi connectivity index (χ0v) is 13.8. The van der Waals surface area contributed by atoms with Crippen LogP contribution in [0.15, 0.2) is 22.6 Å². The second-order valence-electron chi connectivity index (χ2n) is 7.12. The van der Waals surface area contributed by atoms with Crippen molar-refractivity contribution in [1.82, 2.24) is 9.88 Å². The number of rotatable bonds is 1. The SMILES string of the molecule is CC(C)(C)c1nc2cc(NC(=O)N3CCCC(O)C3)ccc2o1. The zero-order valence-electron chi connectivity index (χ0n) is 13.8. The normalized spacial score (nSPS) is 19.1. The van der Waals surface area contributed by atoms with Crippen LogP contribution in [0.4, 0.5) is 10.5 Å². The van der Waals surface area contributed by atoms with E-state index in [1.54, 1.807) is 11.0 Å². The van der Waals surface area contributed by atoms with Gasteiger partial charge in [-0.15, -0.1) is 0 Å². The lowest BCUT2D eigenvalue weighted by Crippen LogP contribution is -2.44. The molecule has 2 heterocycles. The predicted molar refractivity (Wildman–Crippen MR) is 88.5 cm³/mol. The van der Waals surface area contributed by atoms with Gasteiger partial charge in [-0.25, -0.2) is 9.78 Å². The minimum absolute atomic E-state index is 0.160. The molecule has 0 radical (unpaired) electrons. The first-order chi connectivity index (χ1) is 10.8. The third kappa shape index (κ3) is 3.47. The molecule has 0 spiro atoms. The molecule has 0 aliphatic carbocycles. The van der Waals surface area contributed by atoms with Crippen molar-refractivity contribution in [2.24, 2.45) is 0 Å². The molecule has 124 valence electrons. The maximum Gasteiger partial charge on any atom is 0.321 e. The van der Waals surface area contributed by atoms with Crippen molar-refractivity contribution in [3.8, 4) is 0 Å². The molecule has 6 heteroatoms. The van der Waals surface area contributed by atoms with Crippen LogP contribution in [0.1, 0.15) is 39.5 Å². The standard InChI is InChI=1S/C17H23N3O3/c1-17(2,3)15-19-13-9-11(6-7-14(13)23-15)18-16(22)20-8-4-5-12(21)10-20/h6-7,9,12,21H,4-5,8,10H2,1-3H3,(H,18,22). The number of benzene rings is 1. The lowest BCUT2D eigenvalue weighted by Gasteiger charge is -2.30. The minimum atomic E-state index is -0.429. The molecule has 1 atom stereocenters. The van der Waals surface area contributed by atoms with Crippen molar-refractivity contribution in [3.05, 3.63) is 24.1 Å². The molecular weight excluding hydrogens is 294 g/mol. The van der Waals surface area contributed by atoms with E-state index in [-0.39, 0.29) is 11.4 Å². The van der Waals surface area contributed by atoms with Gasteiger partial charge in [0.1, 0.15) is 5.52 Å². The highest BCUT2D eigenvalue weighted by Crippen LogP contribution is 2.27. The van der Waals surface area contributed by atoms with Crippen LogP contribution >= 0.6 is 0 Å².